The van der Waals surface area contributed by atoms with Gasteiger partial charge in [-0.1, -0.05) is 6.92 Å². The lowest BCUT2D eigenvalue weighted by atomic mass is 10.2. The number of hydrogen-bond acceptors (Lipinski definition) is 5. The van der Waals surface area contributed by atoms with E-state index < -0.39 is 0 Å². The minimum Gasteiger partial charge on any atom is -0.494 e. The molecule has 1 aromatic rings. The predicted octanol–water partition coefficient (Wildman–Crippen LogP) is 1.88. The lowest BCUT2D eigenvalue weighted by molar-refractivity contribution is -0.122. The molecule has 0 aliphatic rings. The molecule has 0 spiro atoms. The molecule has 0 saturated carbocycles. The highest BCUT2D eigenvalue weighted by molar-refractivity contribution is 5.94. The molecule has 0 heterocycles. The Morgan fingerprint density at radius 1 is 1.04 bits per heavy atom. The van der Waals surface area contributed by atoms with Crippen molar-refractivity contribution in [2.75, 3.05) is 45.2 Å². The summed E-state index contributed by atoms with van der Waals surface area (Å²) in [6.45, 7) is 7.71. The standard InChI is InChI=1S/C18H29N3O4/c1-5-10-19-17(22)12-21(4)13-18(23)20-15-11-14(24-6-2)8-9-16(15)25-7-3/h8-9,11H,5-7,10,12-13H2,1-4H3,(H,19,22)(H,20,23). The van der Waals surface area contributed by atoms with Gasteiger partial charge in [0.2, 0.25) is 11.8 Å². The van der Waals surface area contributed by atoms with Crippen LogP contribution in [0.5, 0.6) is 11.5 Å². The van der Waals surface area contributed by atoms with Crippen molar-refractivity contribution >= 4 is 17.5 Å². The Balaban J connectivity index is 2.65. The van der Waals surface area contributed by atoms with Gasteiger partial charge in [-0.15, -0.1) is 0 Å². The number of rotatable bonds is 11. The fourth-order valence-corrected chi connectivity index (χ4v) is 2.20. The van der Waals surface area contributed by atoms with Gasteiger partial charge in [-0.05, 0) is 39.4 Å². The molecule has 0 saturated heterocycles. The summed E-state index contributed by atoms with van der Waals surface area (Å²) < 4.78 is 11.0. The maximum Gasteiger partial charge on any atom is 0.238 e. The molecule has 7 nitrogen and oxygen atoms in total. The third-order valence-corrected chi connectivity index (χ3v) is 3.24. The fraction of sp³-hybridized carbons (Fsp3) is 0.556. The zero-order valence-corrected chi connectivity index (χ0v) is 15.6. The van der Waals surface area contributed by atoms with E-state index in [4.69, 9.17) is 9.47 Å². The van der Waals surface area contributed by atoms with E-state index in [0.29, 0.717) is 36.9 Å². The molecule has 0 aliphatic carbocycles. The van der Waals surface area contributed by atoms with E-state index >= 15 is 0 Å². The summed E-state index contributed by atoms with van der Waals surface area (Å²) in [5.41, 5.74) is 0.557. The van der Waals surface area contributed by atoms with Crippen LogP contribution >= 0.6 is 0 Å². The van der Waals surface area contributed by atoms with Crippen LogP contribution in [0.4, 0.5) is 5.69 Å². The molecule has 0 aromatic heterocycles. The molecule has 7 heteroatoms. The van der Waals surface area contributed by atoms with Gasteiger partial charge < -0.3 is 20.1 Å². The van der Waals surface area contributed by atoms with Gasteiger partial charge in [-0.2, -0.15) is 0 Å². The van der Waals surface area contributed by atoms with E-state index in [0.717, 1.165) is 6.42 Å². The molecule has 0 fully saturated rings. The van der Waals surface area contributed by atoms with Gasteiger partial charge >= 0.3 is 0 Å². The van der Waals surface area contributed by atoms with E-state index in [1.165, 1.54) is 0 Å². The molecule has 0 radical (unpaired) electrons. The summed E-state index contributed by atoms with van der Waals surface area (Å²) in [5.74, 6) is 0.932. The third-order valence-electron chi connectivity index (χ3n) is 3.24. The Kier molecular flexibility index (Phi) is 9.39. The molecule has 140 valence electrons. The van der Waals surface area contributed by atoms with Crippen LogP contribution in [0.2, 0.25) is 0 Å². The first-order valence-corrected chi connectivity index (χ1v) is 8.64. The molecule has 0 aliphatic heterocycles. The lowest BCUT2D eigenvalue weighted by Crippen LogP contribution is -2.39. The first-order valence-electron chi connectivity index (χ1n) is 8.64. The van der Waals surface area contributed by atoms with Gasteiger partial charge in [0.25, 0.3) is 0 Å². The third kappa shape index (κ3) is 7.89. The van der Waals surface area contributed by atoms with Crippen LogP contribution in [0, 0.1) is 0 Å². The number of nitrogens with one attached hydrogen (secondary N) is 2. The smallest absolute Gasteiger partial charge is 0.238 e. The second-order valence-corrected chi connectivity index (χ2v) is 5.59. The molecule has 2 amide bonds. The Labute approximate surface area is 149 Å². The van der Waals surface area contributed by atoms with Gasteiger partial charge in [0.15, 0.2) is 0 Å². The van der Waals surface area contributed by atoms with E-state index in [1.54, 1.807) is 30.1 Å². The Morgan fingerprint density at radius 2 is 1.72 bits per heavy atom. The number of ether oxygens (including phenoxy) is 2. The average molecular weight is 351 g/mol. The van der Waals surface area contributed by atoms with E-state index in [2.05, 4.69) is 10.6 Å². The molecule has 1 aromatic carbocycles. The first-order chi connectivity index (χ1) is 12.0. The van der Waals surface area contributed by atoms with Crippen molar-refractivity contribution in [2.24, 2.45) is 0 Å². The molecule has 0 unspecified atom stereocenters. The van der Waals surface area contributed by atoms with Crippen LogP contribution in [-0.2, 0) is 9.59 Å². The molecule has 25 heavy (non-hydrogen) atoms. The van der Waals surface area contributed by atoms with E-state index in [1.807, 2.05) is 20.8 Å². The largest absolute Gasteiger partial charge is 0.494 e. The van der Waals surface area contributed by atoms with Crippen molar-refractivity contribution in [3.05, 3.63) is 18.2 Å². The van der Waals surface area contributed by atoms with Crippen molar-refractivity contribution in [3.63, 3.8) is 0 Å². The van der Waals surface area contributed by atoms with Gasteiger partial charge in [-0.3, -0.25) is 14.5 Å². The summed E-state index contributed by atoms with van der Waals surface area (Å²) in [7, 11) is 1.73. The molecular weight excluding hydrogens is 322 g/mol. The van der Waals surface area contributed by atoms with E-state index in [-0.39, 0.29) is 24.9 Å². The number of anilines is 1. The highest BCUT2D eigenvalue weighted by Crippen LogP contribution is 2.29. The second-order valence-electron chi connectivity index (χ2n) is 5.59. The van der Waals surface area contributed by atoms with Crippen LogP contribution < -0.4 is 20.1 Å². The zero-order chi connectivity index (χ0) is 18.7. The molecule has 0 atom stereocenters. The van der Waals surface area contributed by atoms with Crippen molar-refractivity contribution in [2.45, 2.75) is 27.2 Å². The summed E-state index contributed by atoms with van der Waals surface area (Å²) in [6, 6.07) is 5.31. The fourth-order valence-electron chi connectivity index (χ4n) is 2.20. The number of benzene rings is 1. The summed E-state index contributed by atoms with van der Waals surface area (Å²) in [5, 5.41) is 5.61. The zero-order valence-electron chi connectivity index (χ0n) is 15.6. The van der Waals surface area contributed by atoms with Gasteiger partial charge in [0.1, 0.15) is 11.5 Å². The second kappa shape index (κ2) is 11.3. The SMILES string of the molecule is CCCNC(=O)CN(C)CC(=O)Nc1cc(OCC)ccc1OCC. The van der Waals surface area contributed by atoms with Crippen LogP contribution in [0.15, 0.2) is 18.2 Å². The maximum atomic E-state index is 12.3. The molecule has 1 rings (SSSR count). The highest BCUT2D eigenvalue weighted by atomic mass is 16.5. The molecule has 2 N–H and O–H groups in total. The van der Waals surface area contributed by atoms with Crippen molar-refractivity contribution in [1.29, 1.82) is 0 Å². The van der Waals surface area contributed by atoms with E-state index in [9.17, 15) is 9.59 Å². The summed E-state index contributed by atoms with van der Waals surface area (Å²) >= 11 is 0. The topological polar surface area (TPSA) is 79.9 Å². The summed E-state index contributed by atoms with van der Waals surface area (Å²) in [4.78, 5) is 25.6. The van der Waals surface area contributed by atoms with Gasteiger partial charge in [-0.25, -0.2) is 0 Å². The van der Waals surface area contributed by atoms with Crippen LogP contribution in [0.25, 0.3) is 0 Å². The van der Waals surface area contributed by atoms with Gasteiger partial charge in [0.05, 0.1) is 32.0 Å². The monoisotopic (exact) mass is 351 g/mol. The van der Waals surface area contributed by atoms with Crippen LogP contribution in [-0.4, -0.2) is 56.6 Å². The normalized spacial score (nSPS) is 10.4. The number of carbonyl (C=O) groups is 2. The van der Waals surface area contributed by atoms with Crippen molar-refractivity contribution < 1.29 is 19.1 Å². The average Bonchev–Trinajstić information content (AvgIpc) is 2.55. The van der Waals surface area contributed by atoms with Gasteiger partial charge in [0, 0.05) is 12.6 Å². The summed E-state index contributed by atoms with van der Waals surface area (Å²) in [6.07, 6.45) is 0.881. The minimum atomic E-state index is -0.222. The number of likely N-dealkylation sites (N-methyl/N-ethyl adjacent to an activating group) is 1. The quantitative estimate of drug-likeness (QED) is 0.636. The molecule has 0 bridgehead atoms. The Bertz CT molecular complexity index is 563. The maximum absolute atomic E-state index is 12.3. The first kappa shape index (κ1) is 20.8. The minimum absolute atomic E-state index is 0.0921. The Hall–Kier alpha value is -2.28. The Morgan fingerprint density at radius 3 is 2.36 bits per heavy atom. The van der Waals surface area contributed by atoms with Crippen molar-refractivity contribution in [3.8, 4) is 11.5 Å². The number of hydrogen-bond donors (Lipinski definition) is 2. The number of nitrogens with zero attached hydrogens (tertiary/aromatic N) is 1. The predicted molar refractivity (Wildman–Crippen MR) is 98.2 cm³/mol. The lowest BCUT2D eigenvalue weighted by Gasteiger charge is -2.17. The van der Waals surface area contributed by atoms with Crippen LogP contribution in [0.1, 0.15) is 27.2 Å². The molecular formula is C18H29N3O4. The number of carbonyl (C=O) groups excluding carboxylic acids is 2. The highest BCUT2D eigenvalue weighted by Gasteiger charge is 2.13. The van der Waals surface area contributed by atoms with Crippen molar-refractivity contribution in [1.82, 2.24) is 10.2 Å². The number of amides is 2. The van der Waals surface area contributed by atoms with Crippen LogP contribution in [0.3, 0.4) is 0 Å².